The molecular weight excluding hydrogens is 352 g/mol. The number of unbranched alkanes of at least 4 members (excludes halogenated alkanes) is 2. The molecular formula is C20H27BrO2. The number of hydrogen-bond acceptors (Lipinski definition) is 1. The van der Waals surface area contributed by atoms with Gasteiger partial charge in [-0.15, -0.1) is 0 Å². The summed E-state index contributed by atoms with van der Waals surface area (Å²) in [7, 11) is 0. The Morgan fingerprint density at radius 2 is 1.83 bits per heavy atom. The number of rotatable bonds is 7. The summed E-state index contributed by atoms with van der Waals surface area (Å²) in [6.45, 7) is 2.24. The van der Waals surface area contributed by atoms with E-state index in [0.717, 1.165) is 28.8 Å². The van der Waals surface area contributed by atoms with Crippen LogP contribution < -0.4 is 0 Å². The maximum Gasteiger partial charge on any atom is 0.331 e. The number of benzene rings is 1. The summed E-state index contributed by atoms with van der Waals surface area (Å²) in [5.74, 6) is 0.251. The minimum Gasteiger partial charge on any atom is -0.478 e. The second-order valence-corrected chi connectivity index (χ2v) is 7.59. The molecule has 0 bridgehead atoms. The van der Waals surface area contributed by atoms with Crippen molar-refractivity contribution in [3.63, 3.8) is 0 Å². The number of aliphatic carboxylic acids is 1. The van der Waals surface area contributed by atoms with Crippen LogP contribution in [-0.4, -0.2) is 11.1 Å². The highest BCUT2D eigenvalue weighted by Crippen LogP contribution is 2.36. The summed E-state index contributed by atoms with van der Waals surface area (Å²) in [5, 5.41) is 9.60. The smallest absolute Gasteiger partial charge is 0.331 e. The summed E-state index contributed by atoms with van der Waals surface area (Å²) in [6.07, 6.45) is 11.5. The largest absolute Gasteiger partial charge is 0.478 e. The Labute approximate surface area is 148 Å². The van der Waals surface area contributed by atoms with Gasteiger partial charge in [-0.05, 0) is 61.3 Å². The SMILES string of the molecule is CCCCCC1CCC(C(=Cc2ccc(Br)cc2)C(=O)O)CC1. The summed E-state index contributed by atoms with van der Waals surface area (Å²) < 4.78 is 1.01. The number of carboxylic acids is 1. The van der Waals surface area contributed by atoms with Gasteiger partial charge in [-0.25, -0.2) is 4.79 Å². The van der Waals surface area contributed by atoms with E-state index < -0.39 is 5.97 Å². The molecule has 0 heterocycles. The Morgan fingerprint density at radius 3 is 2.39 bits per heavy atom. The first-order chi connectivity index (χ1) is 11.1. The first kappa shape index (κ1) is 18.3. The van der Waals surface area contributed by atoms with Crippen LogP contribution in [0.3, 0.4) is 0 Å². The predicted molar refractivity (Wildman–Crippen MR) is 99.3 cm³/mol. The zero-order chi connectivity index (χ0) is 16.7. The molecule has 0 aliphatic heterocycles. The van der Waals surface area contributed by atoms with Gasteiger partial charge in [-0.3, -0.25) is 0 Å². The highest BCUT2D eigenvalue weighted by molar-refractivity contribution is 9.10. The second-order valence-electron chi connectivity index (χ2n) is 6.67. The Kier molecular flexibility index (Phi) is 7.35. The molecule has 0 atom stereocenters. The molecule has 2 rings (SSSR count). The van der Waals surface area contributed by atoms with E-state index in [1.165, 1.54) is 38.5 Å². The van der Waals surface area contributed by atoms with Crippen molar-refractivity contribution in [1.82, 2.24) is 0 Å². The van der Waals surface area contributed by atoms with E-state index in [-0.39, 0.29) is 5.92 Å². The average Bonchev–Trinajstić information content (AvgIpc) is 2.55. The summed E-state index contributed by atoms with van der Waals surface area (Å²) in [4.78, 5) is 11.7. The van der Waals surface area contributed by atoms with Gasteiger partial charge in [-0.2, -0.15) is 0 Å². The summed E-state index contributed by atoms with van der Waals surface area (Å²) in [6, 6.07) is 7.83. The number of carboxylic acid groups (broad SMARTS) is 1. The van der Waals surface area contributed by atoms with Gasteiger partial charge in [0.25, 0.3) is 0 Å². The van der Waals surface area contributed by atoms with Crippen molar-refractivity contribution >= 4 is 28.0 Å². The number of halogens is 1. The van der Waals surface area contributed by atoms with Gasteiger partial charge in [0.05, 0.1) is 0 Å². The maximum absolute atomic E-state index is 11.7. The molecule has 2 nitrogen and oxygen atoms in total. The average molecular weight is 379 g/mol. The van der Waals surface area contributed by atoms with Crippen molar-refractivity contribution in [3.05, 3.63) is 39.9 Å². The molecule has 0 saturated heterocycles. The van der Waals surface area contributed by atoms with Crippen LogP contribution in [0.15, 0.2) is 34.3 Å². The molecule has 126 valence electrons. The monoisotopic (exact) mass is 378 g/mol. The fraction of sp³-hybridized carbons (Fsp3) is 0.550. The molecule has 1 fully saturated rings. The van der Waals surface area contributed by atoms with E-state index in [0.29, 0.717) is 5.57 Å². The molecule has 1 saturated carbocycles. The Bertz CT molecular complexity index is 525. The van der Waals surface area contributed by atoms with Crippen LogP contribution in [0, 0.1) is 11.8 Å². The van der Waals surface area contributed by atoms with Crippen molar-refractivity contribution < 1.29 is 9.90 Å². The highest BCUT2D eigenvalue weighted by Gasteiger charge is 2.26. The normalized spacial score (nSPS) is 22.1. The van der Waals surface area contributed by atoms with Gasteiger partial charge in [0.15, 0.2) is 0 Å². The van der Waals surface area contributed by atoms with Gasteiger partial charge in [-0.1, -0.05) is 60.7 Å². The molecule has 1 aliphatic rings. The first-order valence-electron chi connectivity index (χ1n) is 8.80. The van der Waals surface area contributed by atoms with Gasteiger partial charge in [0.1, 0.15) is 0 Å². The third kappa shape index (κ3) is 5.80. The van der Waals surface area contributed by atoms with E-state index in [4.69, 9.17) is 0 Å². The predicted octanol–water partition coefficient (Wildman–Crippen LogP) is 6.30. The third-order valence-electron chi connectivity index (χ3n) is 4.94. The zero-order valence-corrected chi connectivity index (χ0v) is 15.5. The van der Waals surface area contributed by atoms with Crippen LogP contribution in [0.1, 0.15) is 63.9 Å². The summed E-state index contributed by atoms with van der Waals surface area (Å²) >= 11 is 3.41. The molecule has 1 aromatic carbocycles. The molecule has 3 heteroatoms. The molecule has 0 amide bonds. The lowest BCUT2D eigenvalue weighted by molar-refractivity contribution is -0.133. The van der Waals surface area contributed by atoms with E-state index >= 15 is 0 Å². The van der Waals surface area contributed by atoms with Crippen molar-refractivity contribution in [3.8, 4) is 0 Å². The van der Waals surface area contributed by atoms with Crippen molar-refractivity contribution in [2.24, 2.45) is 11.8 Å². The fourth-order valence-electron chi connectivity index (χ4n) is 3.54. The van der Waals surface area contributed by atoms with E-state index in [1.807, 2.05) is 30.3 Å². The topological polar surface area (TPSA) is 37.3 Å². The van der Waals surface area contributed by atoms with Gasteiger partial charge >= 0.3 is 5.97 Å². The molecule has 0 unspecified atom stereocenters. The quantitative estimate of drug-likeness (QED) is 0.446. The molecule has 0 aromatic heterocycles. The number of hydrogen-bond donors (Lipinski definition) is 1. The Balaban J connectivity index is 1.97. The van der Waals surface area contributed by atoms with Crippen LogP contribution in [-0.2, 0) is 4.79 Å². The van der Waals surface area contributed by atoms with Crippen LogP contribution >= 0.6 is 15.9 Å². The van der Waals surface area contributed by atoms with Crippen LogP contribution in [0.4, 0.5) is 0 Å². The molecule has 1 aromatic rings. The molecule has 0 radical (unpaired) electrons. The molecule has 1 aliphatic carbocycles. The lowest BCUT2D eigenvalue weighted by atomic mass is 9.76. The number of carbonyl (C=O) groups is 1. The second kappa shape index (κ2) is 9.27. The zero-order valence-electron chi connectivity index (χ0n) is 13.9. The lowest BCUT2D eigenvalue weighted by Gasteiger charge is -2.29. The molecule has 23 heavy (non-hydrogen) atoms. The van der Waals surface area contributed by atoms with E-state index in [1.54, 1.807) is 0 Å². The molecule has 1 N–H and O–H groups in total. The maximum atomic E-state index is 11.7. The molecule has 0 spiro atoms. The standard InChI is InChI=1S/C20H27BrO2/c1-2-3-4-5-15-6-10-17(11-7-15)19(20(22)23)14-16-8-12-18(21)13-9-16/h8-9,12-15,17H,2-7,10-11H2,1H3,(H,22,23). The minimum atomic E-state index is -0.762. The van der Waals surface area contributed by atoms with Gasteiger partial charge in [0, 0.05) is 10.0 Å². The first-order valence-corrected chi connectivity index (χ1v) is 9.60. The van der Waals surface area contributed by atoms with Gasteiger partial charge in [0.2, 0.25) is 0 Å². The highest BCUT2D eigenvalue weighted by atomic mass is 79.9. The van der Waals surface area contributed by atoms with Crippen molar-refractivity contribution in [2.75, 3.05) is 0 Å². The Hall–Kier alpha value is -1.09. The fourth-order valence-corrected chi connectivity index (χ4v) is 3.80. The van der Waals surface area contributed by atoms with Crippen molar-refractivity contribution in [1.29, 1.82) is 0 Å². The lowest BCUT2D eigenvalue weighted by Crippen LogP contribution is -2.20. The van der Waals surface area contributed by atoms with Crippen LogP contribution in [0.5, 0.6) is 0 Å². The van der Waals surface area contributed by atoms with Gasteiger partial charge < -0.3 is 5.11 Å². The Morgan fingerprint density at radius 1 is 1.17 bits per heavy atom. The van der Waals surface area contributed by atoms with Crippen LogP contribution in [0.2, 0.25) is 0 Å². The van der Waals surface area contributed by atoms with Crippen LogP contribution in [0.25, 0.3) is 6.08 Å². The van der Waals surface area contributed by atoms with E-state index in [9.17, 15) is 9.90 Å². The van der Waals surface area contributed by atoms with Crippen molar-refractivity contribution in [2.45, 2.75) is 58.3 Å². The van der Waals surface area contributed by atoms with E-state index in [2.05, 4.69) is 22.9 Å². The minimum absolute atomic E-state index is 0.207. The summed E-state index contributed by atoms with van der Waals surface area (Å²) in [5.41, 5.74) is 1.55. The third-order valence-corrected chi connectivity index (χ3v) is 5.47.